The Balaban J connectivity index is 1.41. The van der Waals surface area contributed by atoms with E-state index in [0.29, 0.717) is 16.9 Å². The largest absolute Gasteiger partial charge is 0.384 e. The molecule has 3 aromatic rings. The van der Waals surface area contributed by atoms with Gasteiger partial charge >= 0.3 is 0 Å². The standard InChI is InChI=1S/C19H23N7/c20-14-11-13(3-8-21-14)16-17-18(25-24-16)23-15(12-22-17)26-9-6-19(7-10-26)4-1-2-5-19/h3,8,11-12H,1-2,4-7,9-10H2,(H2,20,21)(H,23,24,25). The number of nitrogen functional groups attached to an aromatic ring is 1. The second kappa shape index (κ2) is 5.93. The third-order valence-electron chi connectivity index (χ3n) is 6.13. The first-order valence-electron chi connectivity index (χ1n) is 9.41. The molecule has 3 N–H and O–H groups in total. The number of hydrogen-bond donors (Lipinski definition) is 2. The number of aromatic amines is 1. The van der Waals surface area contributed by atoms with E-state index in [1.54, 1.807) is 6.20 Å². The third kappa shape index (κ3) is 2.58. The number of pyridine rings is 1. The molecule has 7 nitrogen and oxygen atoms in total. The van der Waals surface area contributed by atoms with E-state index in [9.17, 15) is 0 Å². The summed E-state index contributed by atoms with van der Waals surface area (Å²) in [6, 6.07) is 3.71. The number of piperidine rings is 1. The minimum atomic E-state index is 0.476. The van der Waals surface area contributed by atoms with Crippen LogP contribution in [0.2, 0.25) is 0 Å². The van der Waals surface area contributed by atoms with Crippen LogP contribution in [0.1, 0.15) is 38.5 Å². The first-order valence-corrected chi connectivity index (χ1v) is 9.41. The topological polar surface area (TPSA) is 96.6 Å². The normalized spacial score (nSPS) is 19.5. The van der Waals surface area contributed by atoms with Gasteiger partial charge in [0.1, 0.15) is 17.2 Å². The van der Waals surface area contributed by atoms with Crippen LogP contribution in [0.4, 0.5) is 11.6 Å². The number of fused-ring (bicyclic) bond motifs is 1. The Bertz CT molecular complexity index is 932. The quantitative estimate of drug-likeness (QED) is 0.738. The summed E-state index contributed by atoms with van der Waals surface area (Å²) in [6.45, 7) is 2.14. The highest BCUT2D eigenvalue weighted by molar-refractivity contribution is 5.88. The van der Waals surface area contributed by atoms with Gasteiger partial charge in [0.05, 0.1) is 11.9 Å². The minimum Gasteiger partial charge on any atom is -0.384 e. The fourth-order valence-electron chi connectivity index (χ4n) is 4.58. The van der Waals surface area contributed by atoms with Gasteiger partial charge in [-0.05, 0) is 43.2 Å². The second-order valence-corrected chi connectivity index (χ2v) is 7.66. The van der Waals surface area contributed by atoms with E-state index in [1.807, 2.05) is 18.3 Å². The molecule has 134 valence electrons. The van der Waals surface area contributed by atoms with Gasteiger partial charge in [0.2, 0.25) is 5.65 Å². The number of anilines is 2. The van der Waals surface area contributed by atoms with Crippen molar-refractivity contribution in [1.82, 2.24) is 25.1 Å². The van der Waals surface area contributed by atoms with Gasteiger partial charge in [0.25, 0.3) is 0 Å². The van der Waals surface area contributed by atoms with Crippen LogP contribution in [0, 0.1) is 5.41 Å². The van der Waals surface area contributed by atoms with Gasteiger partial charge in [-0.15, -0.1) is 0 Å². The number of aromatic nitrogens is 5. The molecule has 26 heavy (non-hydrogen) atoms. The smallest absolute Gasteiger partial charge is 0.202 e. The van der Waals surface area contributed by atoms with Crippen LogP contribution >= 0.6 is 0 Å². The summed E-state index contributed by atoms with van der Waals surface area (Å²) in [6.07, 6.45) is 11.7. The first kappa shape index (κ1) is 15.5. The monoisotopic (exact) mass is 349 g/mol. The lowest BCUT2D eigenvalue weighted by atomic mass is 9.77. The molecule has 1 spiro atoms. The zero-order valence-electron chi connectivity index (χ0n) is 14.8. The van der Waals surface area contributed by atoms with Crippen molar-refractivity contribution in [2.45, 2.75) is 38.5 Å². The lowest BCUT2D eigenvalue weighted by Gasteiger charge is -2.39. The molecule has 0 amide bonds. The molecule has 0 aromatic carbocycles. The Hall–Kier alpha value is -2.70. The van der Waals surface area contributed by atoms with Crippen LogP contribution in [0.5, 0.6) is 0 Å². The maximum absolute atomic E-state index is 5.79. The molecular weight excluding hydrogens is 326 g/mol. The third-order valence-corrected chi connectivity index (χ3v) is 6.13. The summed E-state index contributed by atoms with van der Waals surface area (Å²) in [5.41, 5.74) is 9.56. The van der Waals surface area contributed by atoms with Crippen molar-refractivity contribution in [2.24, 2.45) is 5.41 Å². The SMILES string of the molecule is Nc1cc(-c2[nH]nc3nc(N4CCC5(CCCC5)CC4)cnc23)ccn1. The van der Waals surface area contributed by atoms with Crippen molar-refractivity contribution in [3.63, 3.8) is 0 Å². The summed E-state index contributed by atoms with van der Waals surface area (Å²) in [4.78, 5) is 15.8. The zero-order chi connectivity index (χ0) is 17.6. The van der Waals surface area contributed by atoms with Gasteiger partial charge in [0, 0.05) is 24.8 Å². The Labute approximate surface area is 152 Å². The number of nitrogens with zero attached hydrogens (tertiary/aromatic N) is 5. The van der Waals surface area contributed by atoms with Crippen LogP contribution in [-0.4, -0.2) is 38.2 Å². The average Bonchev–Trinajstić information content (AvgIpc) is 3.29. The van der Waals surface area contributed by atoms with E-state index >= 15 is 0 Å². The predicted octanol–water partition coefficient (Wildman–Crippen LogP) is 3.16. The molecule has 1 aliphatic heterocycles. The Morgan fingerprint density at radius 1 is 1.08 bits per heavy atom. The summed E-state index contributed by atoms with van der Waals surface area (Å²) in [7, 11) is 0. The van der Waals surface area contributed by atoms with E-state index in [-0.39, 0.29) is 0 Å². The molecule has 5 rings (SSSR count). The molecule has 1 aliphatic carbocycles. The van der Waals surface area contributed by atoms with Gasteiger partial charge in [-0.1, -0.05) is 12.8 Å². The highest BCUT2D eigenvalue weighted by Crippen LogP contribution is 2.46. The molecule has 1 saturated carbocycles. The number of nitrogens with two attached hydrogens (primary N) is 1. The van der Waals surface area contributed by atoms with E-state index in [4.69, 9.17) is 10.7 Å². The van der Waals surface area contributed by atoms with Gasteiger partial charge in [-0.25, -0.2) is 15.0 Å². The van der Waals surface area contributed by atoms with E-state index < -0.39 is 0 Å². The molecule has 3 aromatic heterocycles. The Kier molecular flexibility index (Phi) is 3.55. The van der Waals surface area contributed by atoms with Crippen molar-refractivity contribution in [2.75, 3.05) is 23.7 Å². The van der Waals surface area contributed by atoms with Crippen molar-refractivity contribution in [3.8, 4) is 11.3 Å². The summed E-state index contributed by atoms with van der Waals surface area (Å²) in [5.74, 6) is 1.40. The molecule has 1 saturated heterocycles. The van der Waals surface area contributed by atoms with Crippen molar-refractivity contribution >= 4 is 22.8 Å². The number of nitrogens with one attached hydrogen (secondary N) is 1. The molecule has 7 heteroatoms. The molecule has 0 bridgehead atoms. The highest BCUT2D eigenvalue weighted by atomic mass is 15.2. The summed E-state index contributed by atoms with van der Waals surface area (Å²) in [5, 5.41) is 7.41. The number of rotatable bonds is 2. The first-order chi connectivity index (χ1) is 12.7. The number of H-pyrrole nitrogens is 1. The molecule has 2 aliphatic rings. The molecule has 0 atom stereocenters. The van der Waals surface area contributed by atoms with Gasteiger partial charge in [0.15, 0.2) is 0 Å². The Morgan fingerprint density at radius 3 is 2.65 bits per heavy atom. The summed E-state index contributed by atoms with van der Waals surface area (Å²) >= 11 is 0. The van der Waals surface area contributed by atoms with Gasteiger partial charge < -0.3 is 10.6 Å². The van der Waals surface area contributed by atoms with Gasteiger partial charge in [-0.3, -0.25) is 5.10 Å². The fourth-order valence-corrected chi connectivity index (χ4v) is 4.58. The van der Waals surface area contributed by atoms with Crippen LogP contribution in [0.3, 0.4) is 0 Å². The summed E-state index contributed by atoms with van der Waals surface area (Å²) < 4.78 is 0. The van der Waals surface area contributed by atoms with E-state index in [0.717, 1.165) is 35.7 Å². The second-order valence-electron chi connectivity index (χ2n) is 7.66. The number of hydrogen-bond acceptors (Lipinski definition) is 6. The molecular formula is C19H23N7. The van der Waals surface area contributed by atoms with Crippen LogP contribution in [-0.2, 0) is 0 Å². The van der Waals surface area contributed by atoms with Crippen LogP contribution in [0.25, 0.3) is 22.4 Å². The fraction of sp³-hybridized carbons (Fsp3) is 0.474. The maximum atomic E-state index is 5.79. The molecule has 0 unspecified atom stereocenters. The van der Waals surface area contributed by atoms with Crippen molar-refractivity contribution in [3.05, 3.63) is 24.5 Å². The molecule has 2 fully saturated rings. The van der Waals surface area contributed by atoms with Crippen LogP contribution in [0.15, 0.2) is 24.5 Å². The maximum Gasteiger partial charge on any atom is 0.202 e. The van der Waals surface area contributed by atoms with E-state index in [1.165, 1.54) is 38.5 Å². The van der Waals surface area contributed by atoms with Crippen molar-refractivity contribution < 1.29 is 0 Å². The molecule has 0 radical (unpaired) electrons. The Morgan fingerprint density at radius 2 is 1.88 bits per heavy atom. The van der Waals surface area contributed by atoms with E-state index in [2.05, 4.69) is 25.1 Å². The molecule has 4 heterocycles. The lowest BCUT2D eigenvalue weighted by Crippen LogP contribution is -2.39. The minimum absolute atomic E-state index is 0.476. The lowest BCUT2D eigenvalue weighted by molar-refractivity contribution is 0.226. The van der Waals surface area contributed by atoms with Gasteiger partial charge in [-0.2, -0.15) is 5.10 Å². The van der Waals surface area contributed by atoms with Crippen molar-refractivity contribution in [1.29, 1.82) is 0 Å². The zero-order valence-corrected chi connectivity index (χ0v) is 14.8. The predicted molar refractivity (Wildman–Crippen MR) is 102 cm³/mol. The average molecular weight is 349 g/mol. The van der Waals surface area contributed by atoms with Crippen LogP contribution < -0.4 is 10.6 Å². The highest BCUT2D eigenvalue weighted by Gasteiger charge is 2.37.